The first-order valence-corrected chi connectivity index (χ1v) is 11.0. The second-order valence-corrected chi connectivity index (χ2v) is 8.35. The molecule has 2 heterocycles. The van der Waals surface area contributed by atoms with Crippen LogP contribution in [0.4, 0.5) is 4.79 Å². The van der Waals surface area contributed by atoms with Gasteiger partial charge in [-0.2, -0.15) is 0 Å². The van der Waals surface area contributed by atoms with Crippen molar-refractivity contribution < 1.29 is 14.3 Å². The Morgan fingerprint density at radius 1 is 1.06 bits per heavy atom. The molecule has 3 amide bonds. The Bertz CT molecular complexity index is 896. The third-order valence-corrected chi connectivity index (χ3v) is 6.42. The van der Waals surface area contributed by atoms with E-state index < -0.39 is 0 Å². The topological polar surface area (TPSA) is 79.7 Å². The van der Waals surface area contributed by atoms with Crippen molar-refractivity contribution in [1.82, 2.24) is 24.7 Å². The van der Waals surface area contributed by atoms with Crippen molar-refractivity contribution in [3.8, 4) is 5.75 Å². The minimum atomic E-state index is -0.378. The van der Waals surface area contributed by atoms with E-state index in [9.17, 15) is 9.59 Å². The molecule has 1 aromatic carbocycles. The van der Waals surface area contributed by atoms with E-state index in [1.54, 1.807) is 18.2 Å². The van der Waals surface area contributed by atoms with Crippen molar-refractivity contribution >= 4 is 11.9 Å². The summed E-state index contributed by atoms with van der Waals surface area (Å²) in [6, 6.07) is 7.12. The molecular weight excluding hydrogens is 394 g/mol. The van der Waals surface area contributed by atoms with Crippen LogP contribution in [0.15, 0.2) is 36.7 Å². The van der Waals surface area contributed by atoms with Crippen molar-refractivity contribution in [2.75, 3.05) is 33.3 Å². The van der Waals surface area contributed by atoms with Gasteiger partial charge < -0.3 is 24.4 Å². The molecule has 2 fully saturated rings. The number of urea groups is 1. The quantitative estimate of drug-likeness (QED) is 0.799. The summed E-state index contributed by atoms with van der Waals surface area (Å²) in [5.74, 6) is 1.97. The summed E-state index contributed by atoms with van der Waals surface area (Å²) < 4.78 is 7.17. The van der Waals surface area contributed by atoms with Crippen LogP contribution in [0.2, 0.25) is 0 Å². The molecule has 166 valence electrons. The van der Waals surface area contributed by atoms with Crippen LogP contribution < -0.4 is 10.1 Å². The number of hydrogen-bond donors (Lipinski definition) is 1. The fourth-order valence-corrected chi connectivity index (χ4v) is 4.52. The number of benzene rings is 1. The molecule has 1 unspecified atom stereocenters. The number of ether oxygens (including phenoxy) is 1. The van der Waals surface area contributed by atoms with Crippen molar-refractivity contribution in [2.24, 2.45) is 13.0 Å². The third kappa shape index (κ3) is 4.68. The maximum atomic E-state index is 13.1. The van der Waals surface area contributed by atoms with Crippen LogP contribution in [0.5, 0.6) is 5.75 Å². The highest BCUT2D eigenvalue weighted by Gasteiger charge is 2.31. The number of hydrogen-bond acceptors (Lipinski definition) is 4. The molecule has 2 aliphatic rings. The number of piperazine rings is 1. The first-order valence-electron chi connectivity index (χ1n) is 11.0. The van der Waals surface area contributed by atoms with Crippen molar-refractivity contribution in [1.29, 1.82) is 0 Å². The maximum absolute atomic E-state index is 13.1. The molecule has 8 heteroatoms. The predicted molar refractivity (Wildman–Crippen MR) is 117 cm³/mol. The average Bonchev–Trinajstić information content (AvgIpc) is 3.49. The van der Waals surface area contributed by atoms with Crippen LogP contribution >= 0.6 is 0 Å². The normalized spacial score (nSPS) is 18.1. The summed E-state index contributed by atoms with van der Waals surface area (Å²) in [5.41, 5.74) is 0.929. The standard InChI is InChI=1S/C23H31N5O3/c1-26-12-11-24-21(26)20(17-7-9-19(31-2)10-8-17)25-23(30)28-15-13-27(14-16-28)22(29)18-5-3-4-6-18/h7-12,18,20H,3-6,13-16H2,1-2H3,(H,25,30). The van der Waals surface area contributed by atoms with Gasteiger partial charge in [0.25, 0.3) is 0 Å². The number of carbonyl (C=O) groups excluding carboxylic acids is 2. The lowest BCUT2D eigenvalue weighted by Gasteiger charge is -2.36. The fraction of sp³-hybridized carbons (Fsp3) is 0.522. The Morgan fingerprint density at radius 2 is 1.71 bits per heavy atom. The van der Waals surface area contributed by atoms with Gasteiger partial charge in [0.1, 0.15) is 17.6 Å². The molecule has 1 aliphatic carbocycles. The fourth-order valence-electron chi connectivity index (χ4n) is 4.52. The van der Waals surface area contributed by atoms with Crippen molar-refractivity contribution in [2.45, 2.75) is 31.7 Å². The van der Waals surface area contributed by atoms with Crippen molar-refractivity contribution in [3.63, 3.8) is 0 Å². The van der Waals surface area contributed by atoms with Crippen LogP contribution in [0, 0.1) is 5.92 Å². The molecule has 31 heavy (non-hydrogen) atoms. The number of carbonyl (C=O) groups is 2. The van der Waals surface area contributed by atoms with E-state index >= 15 is 0 Å². The number of aromatic nitrogens is 2. The van der Waals surface area contributed by atoms with Crippen LogP contribution in [-0.4, -0.2) is 64.6 Å². The molecule has 0 spiro atoms. The second kappa shape index (κ2) is 9.41. The summed E-state index contributed by atoms with van der Waals surface area (Å²) in [6.45, 7) is 2.27. The number of aryl methyl sites for hydroxylation is 1. The minimum absolute atomic E-state index is 0.142. The lowest BCUT2D eigenvalue weighted by atomic mass is 10.1. The van der Waals surface area contributed by atoms with Crippen LogP contribution in [0.1, 0.15) is 43.1 Å². The summed E-state index contributed by atoms with van der Waals surface area (Å²) in [5, 5.41) is 3.14. The van der Waals surface area contributed by atoms with Gasteiger partial charge in [0, 0.05) is 51.5 Å². The number of nitrogens with one attached hydrogen (secondary N) is 1. The molecule has 4 rings (SSSR count). The number of rotatable bonds is 5. The Kier molecular flexibility index (Phi) is 6.44. The lowest BCUT2D eigenvalue weighted by molar-refractivity contribution is -0.136. The molecule has 1 aliphatic heterocycles. The first-order chi connectivity index (χ1) is 15.1. The molecule has 0 radical (unpaired) electrons. The van der Waals surface area contributed by atoms with Gasteiger partial charge in [-0.05, 0) is 30.5 Å². The zero-order chi connectivity index (χ0) is 21.8. The molecule has 1 N–H and O–H groups in total. The number of methoxy groups -OCH3 is 1. The highest BCUT2D eigenvalue weighted by Crippen LogP contribution is 2.27. The largest absolute Gasteiger partial charge is 0.497 e. The SMILES string of the molecule is COc1ccc(C(NC(=O)N2CCN(C(=O)C3CCCC3)CC2)c2nccn2C)cc1. The van der Waals surface area contributed by atoms with E-state index in [0.29, 0.717) is 26.2 Å². The minimum Gasteiger partial charge on any atom is -0.497 e. The van der Waals surface area contributed by atoms with Gasteiger partial charge in [0.2, 0.25) is 5.91 Å². The van der Waals surface area contributed by atoms with E-state index in [2.05, 4.69) is 10.3 Å². The van der Waals surface area contributed by atoms with Gasteiger partial charge in [-0.15, -0.1) is 0 Å². The summed E-state index contributed by atoms with van der Waals surface area (Å²) in [6.07, 6.45) is 7.91. The monoisotopic (exact) mass is 425 g/mol. The summed E-state index contributed by atoms with van der Waals surface area (Å²) in [7, 11) is 3.54. The number of imidazole rings is 1. The van der Waals surface area contributed by atoms with E-state index in [1.165, 1.54) is 0 Å². The van der Waals surface area contributed by atoms with E-state index in [0.717, 1.165) is 42.8 Å². The summed E-state index contributed by atoms with van der Waals surface area (Å²) >= 11 is 0. The average molecular weight is 426 g/mol. The first kappa shape index (κ1) is 21.2. The molecule has 2 aromatic rings. The summed E-state index contributed by atoms with van der Waals surface area (Å²) in [4.78, 5) is 33.9. The van der Waals surface area contributed by atoms with Gasteiger partial charge >= 0.3 is 6.03 Å². The van der Waals surface area contributed by atoms with Gasteiger partial charge in [0.05, 0.1) is 7.11 Å². The van der Waals surface area contributed by atoms with Crippen LogP contribution in [0.3, 0.4) is 0 Å². The van der Waals surface area contributed by atoms with Gasteiger partial charge in [-0.25, -0.2) is 9.78 Å². The maximum Gasteiger partial charge on any atom is 0.318 e. The van der Waals surface area contributed by atoms with Gasteiger partial charge in [-0.3, -0.25) is 4.79 Å². The predicted octanol–water partition coefficient (Wildman–Crippen LogP) is 2.56. The molecule has 1 aromatic heterocycles. The van der Waals surface area contributed by atoms with Gasteiger partial charge in [-0.1, -0.05) is 25.0 Å². The Balaban J connectivity index is 1.42. The molecule has 0 bridgehead atoms. The van der Waals surface area contributed by atoms with E-state index in [-0.39, 0.29) is 23.9 Å². The highest BCUT2D eigenvalue weighted by molar-refractivity contribution is 5.80. The van der Waals surface area contributed by atoms with Gasteiger partial charge in [0.15, 0.2) is 0 Å². The van der Waals surface area contributed by atoms with Crippen LogP contribution in [0.25, 0.3) is 0 Å². The third-order valence-electron chi connectivity index (χ3n) is 6.42. The molecular formula is C23H31N5O3. The second-order valence-electron chi connectivity index (χ2n) is 8.35. The number of amides is 3. The molecule has 1 saturated heterocycles. The molecule has 1 saturated carbocycles. The highest BCUT2D eigenvalue weighted by atomic mass is 16.5. The lowest BCUT2D eigenvalue weighted by Crippen LogP contribution is -2.54. The van der Waals surface area contributed by atoms with Crippen LogP contribution in [-0.2, 0) is 11.8 Å². The zero-order valence-corrected chi connectivity index (χ0v) is 18.3. The Labute approximate surface area is 183 Å². The smallest absolute Gasteiger partial charge is 0.318 e. The van der Waals surface area contributed by atoms with E-state index in [4.69, 9.17) is 4.74 Å². The zero-order valence-electron chi connectivity index (χ0n) is 18.3. The molecule has 8 nitrogen and oxygen atoms in total. The van der Waals surface area contributed by atoms with E-state index in [1.807, 2.05) is 47.0 Å². The Hall–Kier alpha value is -3.03. The van der Waals surface area contributed by atoms with Crippen molar-refractivity contribution in [3.05, 3.63) is 48.0 Å². The Morgan fingerprint density at radius 3 is 2.29 bits per heavy atom. The number of nitrogens with zero attached hydrogens (tertiary/aromatic N) is 4. The molecule has 1 atom stereocenters.